The van der Waals surface area contributed by atoms with Crippen LogP contribution >= 0.6 is 0 Å². The lowest BCUT2D eigenvalue weighted by Crippen LogP contribution is -2.20. The van der Waals surface area contributed by atoms with Gasteiger partial charge in [0.2, 0.25) is 0 Å². The maximum absolute atomic E-state index is 12.1. The number of anilines is 1. The smallest absolute Gasteiger partial charge is 0.337 e. The second-order valence-corrected chi connectivity index (χ2v) is 6.01. The Balaban J connectivity index is 2.01. The molecule has 0 atom stereocenters. The molecule has 0 aromatic heterocycles. The van der Waals surface area contributed by atoms with E-state index in [4.69, 9.17) is 9.47 Å². The van der Waals surface area contributed by atoms with Crippen LogP contribution in [0, 0.1) is 0 Å². The van der Waals surface area contributed by atoms with Crippen molar-refractivity contribution in [1.82, 2.24) is 0 Å². The second-order valence-electron chi connectivity index (χ2n) is 6.01. The fourth-order valence-corrected chi connectivity index (χ4v) is 2.51. The van der Waals surface area contributed by atoms with E-state index in [1.165, 1.54) is 51.7 Å². The first-order chi connectivity index (χ1) is 14.9. The molecule has 0 radical (unpaired) electrons. The van der Waals surface area contributed by atoms with Crippen LogP contribution in [-0.4, -0.2) is 51.8 Å². The Morgan fingerprint density at radius 2 is 1.52 bits per heavy atom. The average Bonchev–Trinajstić information content (AvgIpc) is 2.80. The minimum Gasteiger partial charge on any atom is -0.496 e. The molecule has 0 saturated carbocycles. The molecule has 0 spiro atoms. The van der Waals surface area contributed by atoms with E-state index in [1.54, 1.807) is 24.3 Å². The minimum atomic E-state index is -0.736. The van der Waals surface area contributed by atoms with Crippen LogP contribution in [0.3, 0.4) is 0 Å². The number of rotatable bonds is 8. The molecule has 2 aromatic carbocycles. The molecule has 162 valence electrons. The third-order valence-corrected chi connectivity index (χ3v) is 3.94. The molecule has 0 unspecified atom stereocenters. The molecule has 0 aliphatic rings. The van der Waals surface area contributed by atoms with Crippen molar-refractivity contribution in [2.24, 2.45) is 0 Å². The summed E-state index contributed by atoms with van der Waals surface area (Å²) >= 11 is 0. The van der Waals surface area contributed by atoms with Crippen molar-refractivity contribution in [2.45, 2.75) is 0 Å². The van der Waals surface area contributed by atoms with E-state index in [1.807, 2.05) is 0 Å². The highest BCUT2D eigenvalue weighted by Gasteiger charge is 2.15. The van der Waals surface area contributed by atoms with Crippen molar-refractivity contribution < 1.29 is 38.1 Å². The van der Waals surface area contributed by atoms with Crippen LogP contribution in [-0.2, 0) is 23.8 Å². The highest BCUT2D eigenvalue weighted by molar-refractivity contribution is 6.00. The summed E-state index contributed by atoms with van der Waals surface area (Å²) in [6.07, 6.45) is 2.67. The van der Waals surface area contributed by atoms with E-state index >= 15 is 0 Å². The van der Waals surface area contributed by atoms with Crippen LogP contribution in [0.1, 0.15) is 26.3 Å². The van der Waals surface area contributed by atoms with Gasteiger partial charge in [-0.25, -0.2) is 14.4 Å². The molecule has 0 aliphatic heterocycles. The largest absolute Gasteiger partial charge is 0.496 e. The van der Waals surface area contributed by atoms with Gasteiger partial charge in [0, 0.05) is 17.3 Å². The summed E-state index contributed by atoms with van der Waals surface area (Å²) < 4.78 is 19.4. The Bertz CT molecular complexity index is 978. The molecule has 0 aliphatic carbocycles. The van der Waals surface area contributed by atoms with Crippen molar-refractivity contribution >= 4 is 35.6 Å². The Morgan fingerprint density at radius 3 is 2.10 bits per heavy atom. The molecule has 0 heterocycles. The highest BCUT2D eigenvalue weighted by atomic mass is 16.5. The first-order valence-corrected chi connectivity index (χ1v) is 8.97. The van der Waals surface area contributed by atoms with Gasteiger partial charge in [-0.1, -0.05) is 18.2 Å². The van der Waals surface area contributed by atoms with Gasteiger partial charge in [-0.3, -0.25) is 4.79 Å². The summed E-state index contributed by atoms with van der Waals surface area (Å²) in [7, 11) is 3.88. The quantitative estimate of drug-likeness (QED) is 0.388. The molecule has 2 rings (SSSR count). The molecule has 2 aromatic rings. The number of hydrogen-bond donors (Lipinski definition) is 1. The molecule has 9 nitrogen and oxygen atoms in total. The predicted octanol–water partition coefficient (Wildman–Crippen LogP) is 2.46. The lowest BCUT2D eigenvalue weighted by molar-refractivity contribution is -0.142. The van der Waals surface area contributed by atoms with Crippen molar-refractivity contribution in [1.29, 1.82) is 0 Å². The van der Waals surface area contributed by atoms with E-state index in [-0.39, 0.29) is 16.8 Å². The monoisotopic (exact) mass is 427 g/mol. The summed E-state index contributed by atoms with van der Waals surface area (Å²) in [4.78, 5) is 47.6. The Labute approximate surface area is 178 Å². The summed E-state index contributed by atoms with van der Waals surface area (Å²) in [6.45, 7) is -0.578. The van der Waals surface area contributed by atoms with Gasteiger partial charge < -0.3 is 24.3 Å². The van der Waals surface area contributed by atoms with Gasteiger partial charge in [-0.05, 0) is 30.3 Å². The van der Waals surface area contributed by atoms with E-state index < -0.39 is 30.4 Å². The molecule has 0 fully saturated rings. The lowest BCUT2D eigenvalue weighted by atomic mass is 10.1. The normalized spacial score (nSPS) is 10.3. The Hall–Kier alpha value is -4.14. The van der Waals surface area contributed by atoms with Crippen molar-refractivity contribution in [2.75, 3.05) is 33.3 Å². The second kappa shape index (κ2) is 11.1. The molecular formula is C22H21NO8. The number of nitrogens with one attached hydrogen (secondary N) is 1. The number of amides is 1. The Kier molecular flexibility index (Phi) is 8.32. The number of carbonyl (C=O) groups is 4. The zero-order valence-corrected chi connectivity index (χ0v) is 17.2. The first-order valence-electron chi connectivity index (χ1n) is 8.97. The van der Waals surface area contributed by atoms with Gasteiger partial charge in [-0.2, -0.15) is 0 Å². The van der Waals surface area contributed by atoms with E-state index in [0.717, 1.165) is 0 Å². The van der Waals surface area contributed by atoms with E-state index in [9.17, 15) is 19.2 Å². The number of methoxy groups -OCH3 is 3. The van der Waals surface area contributed by atoms with Gasteiger partial charge in [0.05, 0.1) is 32.5 Å². The zero-order chi connectivity index (χ0) is 22.8. The minimum absolute atomic E-state index is 0.0393. The van der Waals surface area contributed by atoms with Crippen LogP contribution < -0.4 is 10.1 Å². The molecule has 31 heavy (non-hydrogen) atoms. The molecule has 9 heteroatoms. The van der Waals surface area contributed by atoms with Crippen LogP contribution in [0.5, 0.6) is 5.75 Å². The lowest BCUT2D eigenvalue weighted by Gasteiger charge is -2.09. The number of para-hydroxylation sites is 1. The summed E-state index contributed by atoms with van der Waals surface area (Å²) in [6, 6.07) is 11.0. The van der Waals surface area contributed by atoms with Crippen LogP contribution in [0.2, 0.25) is 0 Å². The van der Waals surface area contributed by atoms with Crippen molar-refractivity contribution in [3.8, 4) is 5.75 Å². The first kappa shape index (κ1) is 23.1. The molecule has 1 amide bonds. The maximum atomic E-state index is 12.1. The topological polar surface area (TPSA) is 117 Å². The van der Waals surface area contributed by atoms with Crippen molar-refractivity contribution in [3.05, 3.63) is 65.2 Å². The molecule has 1 N–H and O–H groups in total. The highest BCUT2D eigenvalue weighted by Crippen LogP contribution is 2.19. The summed E-state index contributed by atoms with van der Waals surface area (Å²) in [5, 5.41) is 2.45. The number of benzene rings is 2. The van der Waals surface area contributed by atoms with Gasteiger partial charge in [0.1, 0.15) is 5.75 Å². The SMILES string of the molecule is COC(=O)c1cc(NC(=O)COC(=O)/C=C/c2ccccc2OC)cc(C(=O)OC)c1. The third kappa shape index (κ3) is 6.70. The van der Waals surface area contributed by atoms with E-state index in [0.29, 0.717) is 11.3 Å². The van der Waals surface area contributed by atoms with Gasteiger partial charge >= 0.3 is 17.9 Å². The third-order valence-electron chi connectivity index (χ3n) is 3.94. The van der Waals surface area contributed by atoms with Crippen LogP contribution in [0.4, 0.5) is 5.69 Å². The average molecular weight is 427 g/mol. The number of ether oxygens (including phenoxy) is 4. The van der Waals surface area contributed by atoms with Crippen LogP contribution in [0.15, 0.2) is 48.5 Å². The number of hydrogen-bond acceptors (Lipinski definition) is 8. The fraction of sp³-hybridized carbons (Fsp3) is 0.182. The van der Waals surface area contributed by atoms with Crippen LogP contribution in [0.25, 0.3) is 6.08 Å². The van der Waals surface area contributed by atoms with Gasteiger partial charge in [0.25, 0.3) is 5.91 Å². The van der Waals surface area contributed by atoms with E-state index in [2.05, 4.69) is 14.8 Å². The molecule has 0 saturated heterocycles. The summed E-state index contributed by atoms with van der Waals surface area (Å²) in [5.41, 5.74) is 0.880. The standard InChI is InChI=1S/C22H21NO8/c1-28-18-7-5-4-6-14(18)8-9-20(25)31-13-19(24)23-17-11-15(21(26)29-2)10-16(12-17)22(27)30-3/h4-12H,13H2,1-3H3,(H,23,24)/b9-8+. The van der Waals surface area contributed by atoms with Gasteiger partial charge in [0.15, 0.2) is 6.61 Å². The maximum Gasteiger partial charge on any atom is 0.337 e. The molecular weight excluding hydrogens is 406 g/mol. The summed E-state index contributed by atoms with van der Waals surface area (Å²) in [5.74, 6) is -2.23. The zero-order valence-electron chi connectivity index (χ0n) is 17.2. The fourth-order valence-electron chi connectivity index (χ4n) is 2.51. The molecule has 0 bridgehead atoms. The van der Waals surface area contributed by atoms with Crippen molar-refractivity contribution in [3.63, 3.8) is 0 Å². The Morgan fingerprint density at radius 1 is 0.903 bits per heavy atom. The predicted molar refractivity (Wildman–Crippen MR) is 111 cm³/mol. The number of carbonyl (C=O) groups excluding carboxylic acids is 4. The number of esters is 3. The van der Waals surface area contributed by atoms with Gasteiger partial charge in [-0.15, -0.1) is 0 Å².